The molecular formula is C22H24F3N3O5. The number of aromatic nitrogens is 1. The second kappa shape index (κ2) is 9.63. The Labute approximate surface area is 188 Å². The SMILES string of the molecule is Cc1ccc(C(=O)N2CCC3(CCC(=O)N3Cc3ccncc3)CC2)o1.O=C(O)C(F)(F)F. The second-order valence-corrected chi connectivity index (χ2v) is 8.07. The number of aliphatic carboxylic acids is 1. The molecule has 0 unspecified atom stereocenters. The number of piperidine rings is 1. The number of amides is 2. The maximum absolute atomic E-state index is 12.6. The molecule has 4 heterocycles. The van der Waals surface area contributed by atoms with Crippen molar-refractivity contribution in [2.24, 2.45) is 0 Å². The Balaban J connectivity index is 0.000000383. The molecule has 0 radical (unpaired) electrons. The summed E-state index contributed by atoms with van der Waals surface area (Å²) in [5, 5.41) is 7.12. The van der Waals surface area contributed by atoms with E-state index in [4.69, 9.17) is 14.3 Å². The maximum Gasteiger partial charge on any atom is 0.490 e. The zero-order valence-corrected chi connectivity index (χ0v) is 18.0. The number of rotatable bonds is 3. The van der Waals surface area contributed by atoms with Crippen LogP contribution in [0.2, 0.25) is 0 Å². The summed E-state index contributed by atoms with van der Waals surface area (Å²) in [5.41, 5.74) is 0.968. The molecule has 2 amide bonds. The number of hydrogen-bond acceptors (Lipinski definition) is 5. The minimum Gasteiger partial charge on any atom is -0.475 e. The van der Waals surface area contributed by atoms with Crippen molar-refractivity contribution in [3.8, 4) is 0 Å². The molecule has 0 atom stereocenters. The van der Waals surface area contributed by atoms with E-state index in [0.717, 1.165) is 30.6 Å². The van der Waals surface area contributed by atoms with Crippen LogP contribution in [0.15, 0.2) is 41.1 Å². The quantitative estimate of drug-likeness (QED) is 0.742. The third-order valence-corrected chi connectivity index (χ3v) is 5.94. The fraction of sp³-hybridized carbons (Fsp3) is 0.455. The van der Waals surface area contributed by atoms with Gasteiger partial charge in [-0.05, 0) is 56.0 Å². The van der Waals surface area contributed by atoms with Gasteiger partial charge in [0, 0.05) is 44.0 Å². The normalized spacial score (nSPS) is 17.6. The van der Waals surface area contributed by atoms with E-state index < -0.39 is 12.1 Å². The Bertz CT molecular complexity index is 998. The first-order valence-corrected chi connectivity index (χ1v) is 10.4. The molecule has 2 aliphatic heterocycles. The van der Waals surface area contributed by atoms with Crippen molar-refractivity contribution >= 4 is 17.8 Å². The summed E-state index contributed by atoms with van der Waals surface area (Å²) in [6, 6.07) is 7.45. The van der Waals surface area contributed by atoms with Crippen LogP contribution in [0.5, 0.6) is 0 Å². The van der Waals surface area contributed by atoms with Crippen molar-refractivity contribution in [3.05, 3.63) is 53.7 Å². The lowest BCUT2D eigenvalue weighted by Gasteiger charge is -2.45. The number of pyridine rings is 1. The van der Waals surface area contributed by atoms with E-state index in [0.29, 0.717) is 31.8 Å². The van der Waals surface area contributed by atoms with Gasteiger partial charge in [0.2, 0.25) is 5.91 Å². The largest absolute Gasteiger partial charge is 0.490 e. The monoisotopic (exact) mass is 467 g/mol. The average molecular weight is 467 g/mol. The number of carboxylic acids is 1. The van der Waals surface area contributed by atoms with Gasteiger partial charge in [-0.15, -0.1) is 0 Å². The van der Waals surface area contributed by atoms with Crippen molar-refractivity contribution in [3.63, 3.8) is 0 Å². The number of carbonyl (C=O) groups is 3. The van der Waals surface area contributed by atoms with Crippen molar-refractivity contribution < 1.29 is 37.1 Å². The van der Waals surface area contributed by atoms with Gasteiger partial charge in [0.05, 0.1) is 0 Å². The molecule has 0 saturated carbocycles. The lowest BCUT2D eigenvalue weighted by Crippen LogP contribution is -2.53. The number of carbonyl (C=O) groups excluding carboxylic acids is 2. The fourth-order valence-corrected chi connectivity index (χ4v) is 4.15. The molecule has 2 saturated heterocycles. The Kier molecular flexibility index (Phi) is 7.09. The van der Waals surface area contributed by atoms with Gasteiger partial charge < -0.3 is 19.3 Å². The van der Waals surface area contributed by atoms with Crippen LogP contribution in [0.4, 0.5) is 13.2 Å². The molecule has 2 aromatic heterocycles. The van der Waals surface area contributed by atoms with Crippen LogP contribution in [0, 0.1) is 6.92 Å². The predicted octanol–water partition coefficient (Wildman–Crippen LogP) is 3.41. The average Bonchev–Trinajstić information content (AvgIpc) is 3.34. The van der Waals surface area contributed by atoms with E-state index in [-0.39, 0.29) is 17.4 Å². The van der Waals surface area contributed by atoms with Gasteiger partial charge >= 0.3 is 12.1 Å². The van der Waals surface area contributed by atoms with E-state index in [2.05, 4.69) is 4.98 Å². The molecule has 0 bridgehead atoms. The highest BCUT2D eigenvalue weighted by Crippen LogP contribution is 2.40. The van der Waals surface area contributed by atoms with E-state index in [9.17, 15) is 22.8 Å². The van der Waals surface area contributed by atoms with E-state index >= 15 is 0 Å². The predicted molar refractivity (Wildman–Crippen MR) is 109 cm³/mol. The molecule has 0 aliphatic carbocycles. The van der Waals surface area contributed by atoms with Crippen molar-refractivity contribution in [1.29, 1.82) is 0 Å². The van der Waals surface area contributed by atoms with Gasteiger partial charge in [0.1, 0.15) is 5.76 Å². The molecule has 8 nitrogen and oxygen atoms in total. The van der Waals surface area contributed by atoms with Crippen molar-refractivity contribution in [1.82, 2.24) is 14.8 Å². The highest BCUT2D eigenvalue weighted by Gasteiger charge is 2.47. The standard InChI is InChI=1S/C20H23N3O3.C2HF3O2/c1-15-2-3-17(26-15)19(25)22-12-8-20(9-13-22)7-4-18(24)23(20)14-16-5-10-21-11-6-16;3-2(4,5)1(6)7/h2-3,5-6,10-11H,4,7-9,12-14H2,1H3;(H,6,7). The van der Waals surface area contributed by atoms with Crippen LogP contribution >= 0.6 is 0 Å². The zero-order valence-electron chi connectivity index (χ0n) is 18.0. The van der Waals surface area contributed by atoms with Crippen LogP contribution in [0.25, 0.3) is 0 Å². The van der Waals surface area contributed by atoms with Gasteiger partial charge in [0.25, 0.3) is 5.91 Å². The summed E-state index contributed by atoms with van der Waals surface area (Å²) in [4.78, 5) is 41.9. The van der Waals surface area contributed by atoms with Crippen LogP contribution in [0.1, 0.15) is 47.6 Å². The first kappa shape index (κ1) is 24.3. The summed E-state index contributed by atoms with van der Waals surface area (Å²) in [6.07, 6.45) is 1.53. The number of furan rings is 1. The second-order valence-electron chi connectivity index (χ2n) is 8.07. The van der Waals surface area contributed by atoms with Crippen molar-refractivity contribution in [2.75, 3.05) is 13.1 Å². The first-order chi connectivity index (χ1) is 15.5. The van der Waals surface area contributed by atoms with E-state index in [1.807, 2.05) is 34.9 Å². The number of hydrogen-bond donors (Lipinski definition) is 1. The number of aryl methyl sites for hydroxylation is 1. The molecule has 4 rings (SSSR count). The Morgan fingerprint density at radius 3 is 2.24 bits per heavy atom. The number of nitrogens with zero attached hydrogens (tertiary/aromatic N) is 3. The minimum atomic E-state index is -5.08. The van der Waals surface area contributed by atoms with E-state index in [1.165, 1.54) is 0 Å². The fourth-order valence-electron chi connectivity index (χ4n) is 4.15. The zero-order chi connectivity index (χ0) is 24.2. The van der Waals surface area contributed by atoms with Gasteiger partial charge in [-0.2, -0.15) is 13.2 Å². The Morgan fingerprint density at radius 1 is 1.12 bits per heavy atom. The molecule has 2 aliphatic rings. The first-order valence-electron chi connectivity index (χ1n) is 10.4. The lowest BCUT2D eigenvalue weighted by atomic mass is 9.84. The molecule has 1 spiro atoms. The summed E-state index contributed by atoms with van der Waals surface area (Å²) in [6.45, 7) is 3.76. The molecule has 2 fully saturated rings. The van der Waals surface area contributed by atoms with Gasteiger partial charge in [0.15, 0.2) is 5.76 Å². The minimum absolute atomic E-state index is 0.0574. The Morgan fingerprint density at radius 2 is 1.73 bits per heavy atom. The molecule has 33 heavy (non-hydrogen) atoms. The summed E-state index contributed by atoms with van der Waals surface area (Å²) in [5.74, 6) is -1.46. The number of halogens is 3. The number of alkyl halides is 3. The highest BCUT2D eigenvalue weighted by atomic mass is 19.4. The molecule has 0 aromatic carbocycles. The number of carboxylic acid groups (broad SMARTS) is 1. The summed E-state index contributed by atoms with van der Waals surface area (Å²) < 4.78 is 37.2. The maximum atomic E-state index is 12.6. The summed E-state index contributed by atoms with van der Waals surface area (Å²) >= 11 is 0. The third kappa shape index (κ3) is 5.71. The van der Waals surface area contributed by atoms with Gasteiger partial charge in [-0.3, -0.25) is 14.6 Å². The molecule has 178 valence electrons. The third-order valence-electron chi connectivity index (χ3n) is 5.94. The van der Waals surface area contributed by atoms with Crippen LogP contribution in [0.3, 0.4) is 0 Å². The molecule has 2 aromatic rings. The van der Waals surface area contributed by atoms with Crippen LogP contribution in [-0.4, -0.2) is 62.5 Å². The van der Waals surface area contributed by atoms with Gasteiger partial charge in [-0.1, -0.05) is 0 Å². The summed E-state index contributed by atoms with van der Waals surface area (Å²) in [7, 11) is 0. The molecule has 1 N–H and O–H groups in total. The van der Waals surface area contributed by atoms with E-state index in [1.54, 1.807) is 18.5 Å². The Hall–Kier alpha value is -3.37. The van der Waals surface area contributed by atoms with Crippen molar-refractivity contribution in [2.45, 2.75) is 50.9 Å². The highest BCUT2D eigenvalue weighted by molar-refractivity contribution is 5.91. The topological polar surface area (TPSA) is 104 Å². The van der Waals surface area contributed by atoms with Crippen LogP contribution in [-0.2, 0) is 16.1 Å². The number of likely N-dealkylation sites (tertiary alicyclic amines) is 2. The smallest absolute Gasteiger partial charge is 0.475 e. The lowest BCUT2D eigenvalue weighted by molar-refractivity contribution is -0.192. The van der Waals surface area contributed by atoms with Gasteiger partial charge in [-0.25, -0.2) is 4.79 Å². The van der Waals surface area contributed by atoms with Crippen LogP contribution < -0.4 is 0 Å². The molecule has 11 heteroatoms. The molecular weight excluding hydrogens is 443 g/mol.